The van der Waals surface area contributed by atoms with Gasteiger partial charge in [0.1, 0.15) is 0 Å². The molecule has 0 saturated carbocycles. The van der Waals surface area contributed by atoms with Gasteiger partial charge in [-0.15, -0.1) is 0 Å². The molecule has 0 fully saturated rings. The second-order valence-corrected chi connectivity index (χ2v) is 7.21. The first kappa shape index (κ1) is 17.3. The third-order valence-electron chi connectivity index (χ3n) is 5.55. The van der Waals surface area contributed by atoms with Crippen LogP contribution in [0.3, 0.4) is 0 Å². The third-order valence-corrected chi connectivity index (χ3v) is 5.55. The quantitative estimate of drug-likeness (QED) is 0.365. The van der Waals surface area contributed by atoms with E-state index in [4.69, 9.17) is 5.73 Å². The lowest BCUT2D eigenvalue weighted by Gasteiger charge is -2.21. The normalized spacial score (nSPS) is 14.0. The zero-order chi connectivity index (χ0) is 19.0. The summed E-state index contributed by atoms with van der Waals surface area (Å²) in [5, 5.41) is 2.48. The zero-order valence-corrected chi connectivity index (χ0v) is 16.1. The van der Waals surface area contributed by atoms with Crippen molar-refractivity contribution in [3.05, 3.63) is 71.3 Å². The summed E-state index contributed by atoms with van der Waals surface area (Å²) in [4.78, 5) is 6.60. The van der Waals surface area contributed by atoms with Crippen molar-refractivity contribution >= 4 is 40.3 Å². The van der Waals surface area contributed by atoms with Crippen molar-refractivity contribution in [1.82, 2.24) is 0 Å². The Labute approximate surface area is 160 Å². The molecule has 0 amide bonds. The number of rotatable bonds is 4. The molecule has 0 bridgehead atoms. The van der Waals surface area contributed by atoms with Gasteiger partial charge in [-0.1, -0.05) is 62.4 Å². The Morgan fingerprint density at radius 3 is 2.41 bits per heavy atom. The zero-order valence-electron chi connectivity index (χ0n) is 16.1. The van der Waals surface area contributed by atoms with E-state index in [0.29, 0.717) is 11.9 Å². The molecule has 27 heavy (non-hydrogen) atoms. The molecular formula is C24H25N3. The lowest BCUT2D eigenvalue weighted by molar-refractivity contribution is 0.734. The topological polar surface area (TPSA) is 41.6 Å². The Morgan fingerprint density at radius 2 is 1.70 bits per heavy atom. The van der Waals surface area contributed by atoms with Gasteiger partial charge in [0.25, 0.3) is 0 Å². The molecule has 0 aliphatic heterocycles. The highest BCUT2D eigenvalue weighted by Gasteiger charge is 2.15. The lowest BCUT2D eigenvalue weighted by Crippen LogP contribution is -2.33. The SMILES string of the molecule is CCC(C)c1ccc(N=C(N)N(C)c2ccc3c4c(cccc24)C=C3)cc1. The van der Waals surface area contributed by atoms with Gasteiger partial charge in [-0.3, -0.25) is 0 Å². The van der Waals surface area contributed by atoms with Crippen LogP contribution in [0.25, 0.3) is 22.9 Å². The minimum Gasteiger partial charge on any atom is -0.369 e. The van der Waals surface area contributed by atoms with Gasteiger partial charge < -0.3 is 10.6 Å². The highest BCUT2D eigenvalue weighted by molar-refractivity contribution is 6.12. The first-order chi connectivity index (χ1) is 13.1. The molecule has 0 heterocycles. The summed E-state index contributed by atoms with van der Waals surface area (Å²) >= 11 is 0. The molecule has 2 N–H and O–H groups in total. The van der Waals surface area contributed by atoms with Crippen LogP contribution >= 0.6 is 0 Å². The molecule has 1 atom stereocenters. The van der Waals surface area contributed by atoms with Gasteiger partial charge in [-0.05, 0) is 52.6 Å². The van der Waals surface area contributed by atoms with Crippen molar-refractivity contribution in [2.45, 2.75) is 26.2 Å². The number of guanidine groups is 1. The minimum atomic E-state index is 0.484. The second-order valence-electron chi connectivity index (χ2n) is 7.21. The Hall–Kier alpha value is -3.07. The highest BCUT2D eigenvalue weighted by Crippen LogP contribution is 2.36. The fraction of sp³-hybridized carbons (Fsp3) is 0.208. The van der Waals surface area contributed by atoms with Crippen molar-refractivity contribution in [3.8, 4) is 0 Å². The summed E-state index contributed by atoms with van der Waals surface area (Å²) in [5.41, 5.74) is 12.1. The van der Waals surface area contributed by atoms with Crippen molar-refractivity contribution in [1.29, 1.82) is 0 Å². The lowest BCUT2D eigenvalue weighted by atomic mass is 9.99. The van der Waals surface area contributed by atoms with Gasteiger partial charge in [0.05, 0.1) is 11.4 Å². The molecule has 3 aromatic rings. The number of aliphatic imine (C=N–C) groups is 1. The van der Waals surface area contributed by atoms with Crippen LogP contribution in [-0.4, -0.2) is 13.0 Å². The minimum absolute atomic E-state index is 0.484. The van der Waals surface area contributed by atoms with E-state index in [1.54, 1.807) is 0 Å². The van der Waals surface area contributed by atoms with Gasteiger partial charge in [-0.25, -0.2) is 4.99 Å². The molecule has 1 aliphatic carbocycles. The monoisotopic (exact) mass is 355 g/mol. The first-order valence-corrected chi connectivity index (χ1v) is 9.50. The summed E-state index contributed by atoms with van der Waals surface area (Å²) in [5.74, 6) is 1.04. The average molecular weight is 355 g/mol. The molecule has 136 valence electrons. The van der Waals surface area contributed by atoms with E-state index in [9.17, 15) is 0 Å². The smallest absolute Gasteiger partial charge is 0.200 e. The van der Waals surface area contributed by atoms with Gasteiger partial charge in [0.2, 0.25) is 5.96 Å². The van der Waals surface area contributed by atoms with Gasteiger partial charge in [0, 0.05) is 12.4 Å². The summed E-state index contributed by atoms with van der Waals surface area (Å²) in [6.45, 7) is 4.45. The second kappa shape index (κ2) is 6.92. The Kier molecular flexibility index (Phi) is 4.44. The number of anilines is 1. The van der Waals surface area contributed by atoms with Crippen molar-refractivity contribution in [2.24, 2.45) is 10.7 Å². The number of benzene rings is 3. The Balaban J connectivity index is 1.66. The van der Waals surface area contributed by atoms with Crippen LogP contribution in [0.1, 0.15) is 42.9 Å². The van der Waals surface area contributed by atoms with E-state index in [1.165, 1.54) is 27.5 Å². The van der Waals surface area contributed by atoms with E-state index in [0.717, 1.165) is 17.8 Å². The maximum Gasteiger partial charge on any atom is 0.200 e. The van der Waals surface area contributed by atoms with Crippen LogP contribution in [0, 0.1) is 0 Å². The number of hydrogen-bond donors (Lipinski definition) is 1. The Bertz CT molecular complexity index is 1030. The largest absolute Gasteiger partial charge is 0.369 e. The standard InChI is InChI=1S/C24H25N3/c1-4-16(2)17-10-13-20(14-11-17)26-24(25)27(3)22-15-12-19-9-8-18-6-5-7-21(22)23(18)19/h5-16H,4H2,1-3H3,(H2,25,26). The van der Waals surface area contributed by atoms with E-state index < -0.39 is 0 Å². The van der Waals surface area contributed by atoms with Gasteiger partial charge in [-0.2, -0.15) is 0 Å². The van der Waals surface area contributed by atoms with Crippen LogP contribution in [0.5, 0.6) is 0 Å². The van der Waals surface area contributed by atoms with E-state index in [-0.39, 0.29) is 0 Å². The van der Waals surface area contributed by atoms with Gasteiger partial charge in [0.15, 0.2) is 0 Å². The van der Waals surface area contributed by atoms with Crippen LogP contribution in [0.2, 0.25) is 0 Å². The molecule has 1 aliphatic rings. The van der Waals surface area contributed by atoms with Crippen molar-refractivity contribution in [3.63, 3.8) is 0 Å². The molecule has 0 saturated heterocycles. The molecule has 3 heteroatoms. The van der Waals surface area contributed by atoms with Crippen molar-refractivity contribution in [2.75, 3.05) is 11.9 Å². The van der Waals surface area contributed by atoms with E-state index >= 15 is 0 Å². The number of nitrogens with two attached hydrogens (primary N) is 1. The summed E-state index contributed by atoms with van der Waals surface area (Å²) < 4.78 is 0. The van der Waals surface area contributed by atoms with E-state index in [1.807, 2.05) is 24.1 Å². The number of hydrogen-bond acceptors (Lipinski definition) is 1. The van der Waals surface area contributed by atoms with Crippen LogP contribution < -0.4 is 10.6 Å². The van der Waals surface area contributed by atoms with Gasteiger partial charge >= 0.3 is 0 Å². The summed E-state index contributed by atoms with van der Waals surface area (Å²) in [6, 6.07) is 19.0. The Morgan fingerprint density at radius 1 is 1.00 bits per heavy atom. The predicted molar refractivity (Wildman–Crippen MR) is 118 cm³/mol. The van der Waals surface area contributed by atoms with Crippen molar-refractivity contribution < 1.29 is 0 Å². The maximum absolute atomic E-state index is 6.35. The van der Waals surface area contributed by atoms with Crippen LogP contribution in [0.15, 0.2) is 59.6 Å². The van der Waals surface area contributed by atoms with Crippen LogP contribution in [0.4, 0.5) is 11.4 Å². The molecule has 3 aromatic carbocycles. The molecular weight excluding hydrogens is 330 g/mol. The highest BCUT2D eigenvalue weighted by atomic mass is 15.2. The summed E-state index contributed by atoms with van der Waals surface area (Å²) in [7, 11) is 1.97. The molecule has 1 unspecified atom stereocenters. The number of nitrogens with zero attached hydrogens (tertiary/aromatic N) is 2. The molecule has 0 aromatic heterocycles. The third kappa shape index (κ3) is 3.10. The average Bonchev–Trinajstić information content (AvgIpc) is 3.13. The predicted octanol–water partition coefficient (Wildman–Crippen LogP) is 5.92. The fourth-order valence-electron chi connectivity index (χ4n) is 3.64. The van der Waals surface area contributed by atoms with Crippen LogP contribution in [-0.2, 0) is 0 Å². The molecule has 3 nitrogen and oxygen atoms in total. The molecule has 0 spiro atoms. The molecule has 0 radical (unpaired) electrons. The fourth-order valence-corrected chi connectivity index (χ4v) is 3.64. The summed E-state index contributed by atoms with van der Waals surface area (Å²) in [6.07, 6.45) is 5.46. The van der Waals surface area contributed by atoms with E-state index in [2.05, 4.69) is 73.5 Å². The molecule has 4 rings (SSSR count). The first-order valence-electron chi connectivity index (χ1n) is 9.50. The maximum atomic E-state index is 6.35.